The third kappa shape index (κ3) is 4.85. The SMILES string of the molecule is CCOc1cccc(C(O)=C2C(=O)C(=O)N(CCCn3ccnc3)C2c2ccc(Br)cc2)c1. The second-order valence-electron chi connectivity index (χ2n) is 7.66. The third-order valence-corrected chi connectivity index (χ3v) is 6.05. The van der Waals surface area contributed by atoms with Crippen LogP contribution in [0.25, 0.3) is 5.76 Å². The van der Waals surface area contributed by atoms with Crippen LogP contribution in [0.15, 0.2) is 77.3 Å². The molecular weight excluding hydrogens is 486 g/mol. The minimum Gasteiger partial charge on any atom is -0.507 e. The molecule has 1 aliphatic heterocycles. The van der Waals surface area contributed by atoms with E-state index in [0.29, 0.717) is 37.4 Å². The second kappa shape index (κ2) is 10.0. The lowest BCUT2D eigenvalue weighted by Crippen LogP contribution is -2.31. The van der Waals surface area contributed by atoms with Crippen LogP contribution in [0.1, 0.15) is 30.5 Å². The minimum absolute atomic E-state index is 0.0820. The molecule has 7 nitrogen and oxygen atoms in total. The van der Waals surface area contributed by atoms with Crippen LogP contribution < -0.4 is 4.74 Å². The zero-order valence-corrected chi connectivity index (χ0v) is 19.7. The van der Waals surface area contributed by atoms with Crippen molar-refractivity contribution in [2.24, 2.45) is 0 Å². The van der Waals surface area contributed by atoms with Crippen LogP contribution in [0.2, 0.25) is 0 Å². The molecule has 2 heterocycles. The number of likely N-dealkylation sites (tertiary alicyclic amines) is 1. The summed E-state index contributed by atoms with van der Waals surface area (Å²) in [5, 5.41) is 11.2. The number of aliphatic hydroxyl groups excluding tert-OH is 1. The van der Waals surface area contributed by atoms with E-state index in [4.69, 9.17) is 4.74 Å². The molecule has 1 atom stereocenters. The normalized spacial score (nSPS) is 17.5. The van der Waals surface area contributed by atoms with Gasteiger partial charge in [-0.05, 0) is 43.2 Å². The Morgan fingerprint density at radius 2 is 1.94 bits per heavy atom. The van der Waals surface area contributed by atoms with E-state index in [1.54, 1.807) is 41.7 Å². The van der Waals surface area contributed by atoms with Gasteiger partial charge < -0.3 is 19.3 Å². The fourth-order valence-corrected chi connectivity index (χ4v) is 4.26. The summed E-state index contributed by atoms with van der Waals surface area (Å²) in [6.07, 6.45) is 5.90. The molecule has 2 aromatic carbocycles. The molecule has 33 heavy (non-hydrogen) atoms. The number of hydrogen-bond donors (Lipinski definition) is 1. The number of imidazole rings is 1. The first kappa shape index (κ1) is 22.8. The highest BCUT2D eigenvalue weighted by Gasteiger charge is 2.45. The standard InChI is InChI=1S/C25H24BrN3O4/c1-2-33-20-6-3-5-18(15-20)23(30)21-22(17-7-9-19(26)10-8-17)29(25(32)24(21)31)13-4-12-28-14-11-27-16-28/h3,5-11,14-16,22,30H,2,4,12-13H2,1H3. The molecule has 1 aromatic heterocycles. The highest BCUT2D eigenvalue weighted by atomic mass is 79.9. The van der Waals surface area contributed by atoms with E-state index in [-0.39, 0.29) is 11.3 Å². The van der Waals surface area contributed by atoms with Crippen molar-refractivity contribution in [3.63, 3.8) is 0 Å². The topological polar surface area (TPSA) is 84.7 Å². The lowest BCUT2D eigenvalue weighted by Gasteiger charge is -2.25. The number of halogens is 1. The molecule has 0 radical (unpaired) electrons. The second-order valence-corrected chi connectivity index (χ2v) is 8.57. The summed E-state index contributed by atoms with van der Waals surface area (Å²) in [5.41, 5.74) is 1.26. The quantitative estimate of drug-likeness (QED) is 0.273. The molecule has 1 aliphatic rings. The Morgan fingerprint density at radius 3 is 2.64 bits per heavy atom. The number of ketones is 1. The molecule has 170 valence electrons. The highest BCUT2D eigenvalue weighted by molar-refractivity contribution is 9.10. The van der Waals surface area contributed by atoms with Gasteiger partial charge in [0.1, 0.15) is 11.5 Å². The van der Waals surface area contributed by atoms with Crippen LogP contribution >= 0.6 is 15.9 Å². The Kier molecular flexibility index (Phi) is 6.93. The van der Waals surface area contributed by atoms with Crippen LogP contribution in [0.3, 0.4) is 0 Å². The smallest absolute Gasteiger partial charge is 0.295 e. The van der Waals surface area contributed by atoms with Gasteiger partial charge in [-0.15, -0.1) is 0 Å². The summed E-state index contributed by atoms with van der Waals surface area (Å²) in [4.78, 5) is 31.7. The first-order chi connectivity index (χ1) is 16.0. The van der Waals surface area contributed by atoms with Gasteiger partial charge in [0.2, 0.25) is 0 Å². The molecule has 0 aliphatic carbocycles. The average Bonchev–Trinajstić information content (AvgIpc) is 3.42. The maximum atomic E-state index is 13.1. The Balaban J connectivity index is 1.73. The molecule has 0 spiro atoms. The number of benzene rings is 2. The Labute approximate surface area is 200 Å². The van der Waals surface area contributed by atoms with Crippen molar-refractivity contribution in [3.8, 4) is 5.75 Å². The number of carbonyl (C=O) groups is 2. The van der Waals surface area contributed by atoms with Crippen LogP contribution in [0.4, 0.5) is 0 Å². The van der Waals surface area contributed by atoms with Crippen molar-refractivity contribution in [1.29, 1.82) is 0 Å². The molecule has 0 saturated carbocycles. The van der Waals surface area contributed by atoms with E-state index in [1.807, 2.05) is 42.0 Å². The zero-order valence-electron chi connectivity index (χ0n) is 18.1. The minimum atomic E-state index is -0.690. The Hall–Kier alpha value is -3.39. The van der Waals surface area contributed by atoms with Crippen LogP contribution in [-0.2, 0) is 16.1 Å². The summed E-state index contributed by atoms with van der Waals surface area (Å²) in [5.74, 6) is -0.933. The summed E-state index contributed by atoms with van der Waals surface area (Å²) in [6.45, 7) is 3.37. The van der Waals surface area contributed by atoms with Crippen molar-refractivity contribution in [2.75, 3.05) is 13.2 Å². The molecule has 1 saturated heterocycles. The van der Waals surface area contributed by atoms with Gasteiger partial charge in [-0.2, -0.15) is 0 Å². The number of amides is 1. The van der Waals surface area contributed by atoms with E-state index in [2.05, 4.69) is 20.9 Å². The van der Waals surface area contributed by atoms with Gasteiger partial charge in [0.15, 0.2) is 0 Å². The molecule has 0 bridgehead atoms. The van der Waals surface area contributed by atoms with Crippen molar-refractivity contribution in [3.05, 3.63) is 88.4 Å². The highest BCUT2D eigenvalue weighted by Crippen LogP contribution is 2.40. The number of aromatic nitrogens is 2. The Bertz CT molecular complexity index is 1170. The van der Waals surface area contributed by atoms with Gasteiger partial charge in [0, 0.05) is 35.5 Å². The zero-order chi connectivity index (χ0) is 23.4. The fourth-order valence-electron chi connectivity index (χ4n) is 4.00. The van der Waals surface area contributed by atoms with Gasteiger partial charge in [0.25, 0.3) is 11.7 Å². The number of ether oxygens (including phenoxy) is 1. The van der Waals surface area contributed by atoms with Gasteiger partial charge in [-0.3, -0.25) is 9.59 Å². The van der Waals surface area contributed by atoms with Crippen LogP contribution in [0.5, 0.6) is 5.75 Å². The average molecular weight is 510 g/mol. The first-order valence-electron chi connectivity index (χ1n) is 10.7. The fraction of sp³-hybridized carbons (Fsp3) is 0.240. The molecule has 1 fully saturated rings. The largest absolute Gasteiger partial charge is 0.507 e. The summed E-state index contributed by atoms with van der Waals surface area (Å²) in [6, 6.07) is 13.6. The Morgan fingerprint density at radius 1 is 1.15 bits per heavy atom. The predicted octanol–water partition coefficient (Wildman–Crippen LogP) is 4.56. The predicted molar refractivity (Wildman–Crippen MR) is 128 cm³/mol. The number of nitrogens with zero attached hydrogens (tertiary/aromatic N) is 3. The maximum Gasteiger partial charge on any atom is 0.295 e. The number of carbonyl (C=O) groups excluding carboxylic acids is 2. The lowest BCUT2D eigenvalue weighted by atomic mass is 9.95. The van der Waals surface area contributed by atoms with Crippen molar-refractivity contribution in [1.82, 2.24) is 14.5 Å². The van der Waals surface area contributed by atoms with E-state index < -0.39 is 17.7 Å². The van der Waals surface area contributed by atoms with E-state index >= 15 is 0 Å². The van der Waals surface area contributed by atoms with E-state index in [1.165, 1.54) is 0 Å². The van der Waals surface area contributed by atoms with E-state index in [9.17, 15) is 14.7 Å². The number of rotatable bonds is 8. The lowest BCUT2D eigenvalue weighted by molar-refractivity contribution is -0.139. The van der Waals surface area contributed by atoms with Gasteiger partial charge in [0.05, 0.1) is 24.5 Å². The van der Waals surface area contributed by atoms with Crippen molar-refractivity contribution >= 4 is 33.4 Å². The summed E-state index contributed by atoms with van der Waals surface area (Å²) >= 11 is 3.43. The first-order valence-corrected chi connectivity index (χ1v) is 11.5. The van der Waals surface area contributed by atoms with Gasteiger partial charge >= 0.3 is 0 Å². The number of hydrogen-bond acceptors (Lipinski definition) is 5. The molecule has 3 aromatic rings. The van der Waals surface area contributed by atoms with Crippen molar-refractivity contribution < 1.29 is 19.4 Å². The van der Waals surface area contributed by atoms with Gasteiger partial charge in [-0.1, -0.05) is 40.2 Å². The summed E-state index contributed by atoms with van der Waals surface area (Å²) < 4.78 is 8.34. The van der Waals surface area contributed by atoms with Crippen LogP contribution in [-0.4, -0.2) is 44.4 Å². The molecule has 1 unspecified atom stereocenters. The molecule has 1 N–H and O–H groups in total. The molecule has 8 heteroatoms. The third-order valence-electron chi connectivity index (χ3n) is 5.52. The number of aliphatic hydroxyl groups is 1. The van der Waals surface area contributed by atoms with Gasteiger partial charge in [-0.25, -0.2) is 4.98 Å². The van der Waals surface area contributed by atoms with Crippen LogP contribution in [0, 0.1) is 0 Å². The van der Waals surface area contributed by atoms with E-state index in [0.717, 1.165) is 10.0 Å². The molecule has 1 amide bonds. The monoisotopic (exact) mass is 509 g/mol. The molecular formula is C25H24BrN3O4. The molecule has 4 rings (SSSR count). The van der Waals surface area contributed by atoms with Crippen molar-refractivity contribution in [2.45, 2.75) is 25.9 Å². The summed E-state index contributed by atoms with van der Waals surface area (Å²) in [7, 11) is 0. The number of aryl methyl sites for hydroxylation is 1. The number of Topliss-reactive ketones (excluding diaryl/α,β-unsaturated/α-hetero) is 1. The maximum absolute atomic E-state index is 13.1.